The fraction of sp³-hybridized carbons (Fsp3) is 0.462. The molecule has 0 spiro atoms. The molecule has 19 heavy (non-hydrogen) atoms. The number of ether oxygens (including phenoxy) is 1. The fourth-order valence-electron chi connectivity index (χ4n) is 1.70. The van der Waals surface area contributed by atoms with E-state index in [9.17, 15) is 5.11 Å². The van der Waals surface area contributed by atoms with Crippen LogP contribution in [0.1, 0.15) is 13.8 Å². The molecule has 0 aliphatic rings. The van der Waals surface area contributed by atoms with Gasteiger partial charge >= 0.3 is 0 Å². The highest BCUT2D eigenvalue weighted by atomic mass is 79.9. The van der Waals surface area contributed by atoms with Gasteiger partial charge in [-0.05, 0) is 49.2 Å². The number of aromatic nitrogens is 2. The molecule has 2 aromatic rings. The van der Waals surface area contributed by atoms with Gasteiger partial charge in [-0.25, -0.2) is 4.52 Å². The lowest BCUT2D eigenvalue weighted by Crippen LogP contribution is -2.27. The third-order valence-electron chi connectivity index (χ3n) is 2.59. The van der Waals surface area contributed by atoms with Crippen LogP contribution in [0.3, 0.4) is 0 Å². The van der Waals surface area contributed by atoms with E-state index in [2.05, 4.69) is 34.4 Å². The summed E-state index contributed by atoms with van der Waals surface area (Å²) in [5.41, 5.74) is 0.240. The van der Waals surface area contributed by atoms with Crippen LogP contribution in [0.4, 0.5) is 0 Å². The van der Waals surface area contributed by atoms with Crippen molar-refractivity contribution in [1.82, 2.24) is 9.61 Å². The Labute approximate surface area is 122 Å². The topological polar surface area (TPSA) is 46.8 Å². The van der Waals surface area contributed by atoms with Crippen LogP contribution in [0.25, 0.3) is 5.52 Å². The second-order valence-electron chi connectivity index (χ2n) is 5.34. The second-order valence-corrected chi connectivity index (χ2v) is 8.47. The number of fused-ring (bicyclic) bond motifs is 1. The maximum Gasteiger partial charge on any atom is 0.138 e. The minimum atomic E-state index is -0.849. The first-order valence-electron chi connectivity index (χ1n) is 5.97. The highest BCUT2D eigenvalue weighted by Gasteiger charge is 2.16. The van der Waals surface area contributed by atoms with Gasteiger partial charge in [0, 0.05) is 9.78 Å². The minimum absolute atomic E-state index is 0.205. The summed E-state index contributed by atoms with van der Waals surface area (Å²) in [5, 5.41) is 15.3. The molecule has 1 N–H and O–H groups in total. The predicted octanol–water partition coefficient (Wildman–Crippen LogP) is 2.61. The van der Waals surface area contributed by atoms with Gasteiger partial charge in [0.2, 0.25) is 0 Å². The molecule has 2 heterocycles. The maximum atomic E-state index is 9.68. The zero-order valence-corrected chi connectivity index (χ0v) is 14.0. The van der Waals surface area contributed by atoms with Crippen molar-refractivity contribution < 1.29 is 9.84 Å². The standard InChI is InChI=1S/C13H18BrN2O2P/c1-13(2,17)8-18-9-5-10(14)12-11(19(3)4)6-15-16(12)7-9/h5-7,17H,8H2,1-4H3. The number of halogens is 1. The summed E-state index contributed by atoms with van der Waals surface area (Å²) in [4.78, 5) is 0. The van der Waals surface area contributed by atoms with Crippen molar-refractivity contribution in [2.24, 2.45) is 0 Å². The summed E-state index contributed by atoms with van der Waals surface area (Å²) in [5.74, 6) is 0.688. The number of hydrogen-bond donors (Lipinski definition) is 1. The molecular weight excluding hydrogens is 327 g/mol. The molecule has 0 radical (unpaired) electrons. The number of nitrogens with zero attached hydrogens (tertiary/aromatic N) is 2. The van der Waals surface area contributed by atoms with Gasteiger partial charge in [0.1, 0.15) is 12.4 Å². The van der Waals surface area contributed by atoms with Gasteiger partial charge in [-0.1, -0.05) is 7.92 Å². The number of hydrogen-bond acceptors (Lipinski definition) is 3. The van der Waals surface area contributed by atoms with E-state index in [1.807, 2.05) is 23.0 Å². The van der Waals surface area contributed by atoms with Crippen LogP contribution in [0, 0.1) is 0 Å². The van der Waals surface area contributed by atoms with Gasteiger partial charge in [-0.2, -0.15) is 5.10 Å². The second kappa shape index (κ2) is 5.39. The number of pyridine rings is 1. The van der Waals surface area contributed by atoms with Crippen LogP contribution in [-0.4, -0.2) is 40.3 Å². The first kappa shape index (κ1) is 14.8. The lowest BCUT2D eigenvalue weighted by Gasteiger charge is -2.18. The number of rotatable bonds is 4. The average Bonchev–Trinajstić information content (AvgIpc) is 2.69. The van der Waals surface area contributed by atoms with Crippen molar-refractivity contribution in [2.75, 3.05) is 19.9 Å². The van der Waals surface area contributed by atoms with Crippen LogP contribution >= 0.6 is 23.9 Å². The van der Waals surface area contributed by atoms with Crippen molar-refractivity contribution in [1.29, 1.82) is 0 Å². The van der Waals surface area contributed by atoms with Crippen molar-refractivity contribution in [3.63, 3.8) is 0 Å². The summed E-state index contributed by atoms with van der Waals surface area (Å²) < 4.78 is 8.38. The fourth-order valence-corrected chi connectivity index (χ4v) is 3.40. The predicted molar refractivity (Wildman–Crippen MR) is 83.1 cm³/mol. The van der Waals surface area contributed by atoms with Crippen LogP contribution in [-0.2, 0) is 0 Å². The molecule has 0 aliphatic carbocycles. The zero-order valence-electron chi connectivity index (χ0n) is 11.5. The van der Waals surface area contributed by atoms with Crippen LogP contribution in [0.15, 0.2) is 22.9 Å². The molecule has 0 amide bonds. The molecule has 0 saturated heterocycles. The van der Waals surface area contributed by atoms with E-state index in [1.54, 1.807) is 13.8 Å². The first-order valence-corrected chi connectivity index (χ1v) is 9.00. The van der Waals surface area contributed by atoms with E-state index in [1.165, 1.54) is 5.30 Å². The van der Waals surface area contributed by atoms with E-state index < -0.39 is 5.60 Å². The molecule has 104 valence electrons. The molecule has 6 heteroatoms. The summed E-state index contributed by atoms with van der Waals surface area (Å²) in [6.45, 7) is 8.09. The highest BCUT2D eigenvalue weighted by molar-refractivity contribution is 9.10. The van der Waals surface area contributed by atoms with Gasteiger partial charge in [0.25, 0.3) is 0 Å². The van der Waals surface area contributed by atoms with E-state index in [4.69, 9.17) is 4.74 Å². The van der Waals surface area contributed by atoms with Gasteiger partial charge in [-0.3, -0.25) is 0 Å². The van der Waals surface area contributed by atoms with Gasteiger partial charge in [-0.15, -0.1) is 0 Å². The molecule has 0 aromatic carbocycles. The highest BCUT2D eigenvalue weighted by Crippen LogP contribution is 2.31. The Morgan fingerprint density at radius 1 is 1.47 bits per heavy atom. The molecule has 4 nitrogen and oxygen atoms in total. The third kappa shape index (κ3) is 3.47. The van der Waals surface area contributed by atoms with Crippen LogP contribution in [0.5, 0.6) is 5.75 Å². The summed E-state index contributed by atoms with van der Waals surface area (Å²) in [6, 6.07) is 1.92. The van der Waals surface area contributed by atoms with E-state index in [0.717, 1.165) is 9.99 Å². The van der Waals surface area contributed by atoms with Gasteiger partial charge in [0.15, 0.2) is 0 Å². The van der Waals surface area contributed by atoms with Crippen molar-refractivity contribution >= 4 is 34.7 Å². The summed E-state index contributed by atoms with van der Waals surface area (Å²) >= 11 is 3.57. The summed E-state index contributed by atoms with van der Waals surface area (Å²) in [6.07, 6.45) is 3.75. The molecule has 0 atom stereocenters. The normalized spacial score (nSPS) is 12.4. The Balaban J connectivity index is 2.35. The Bertz CT molecular complexity index is 590. The third-order valence-corrected chi connectivity index (χ3v) is 4.49. The van der Waals surface area contributed by atoms with Crippen LogP contribution < -0.4 is 10.0 Å². The molecule has 0 bridgehead atoms. The lowest BCUT2D eigenvalue weighted by atomic mass is 10.2. The number of aliphatic hydroxyl groups is 1. The van der Waals surface area contributed by atoms with E-state index >= 15 is 0 Å². The van der Waals surface area contributed by atoms with Crippen molar-refractivity contribution in [3.05, 3.63) is 22.9 Å². The minimum Gasteiger partial charge on any atom is -0.489 e. The quantitative estimate of drug-likeness (QED) is 0.867. The Morgan fingerprint density at radius 2 is 2.16 bits per heavy atom. The smallest absolute Gasteiger partial charge is 0.138 e. The molecule has 0 aliphatic heterocycles. The molecule has 0 unspecified atom stereocenters. The molecular formula is C13H18BrN2O2P. The largest absolute Gasteiger partial charge is 0.489 e. The van der Waals surface area contributed by atoms with E-state index in [0.29, 0.717) is 5.75 Å². The van der Waals surface area contributed by atoms with Crippen molar-refractivity contribution in [3.8, 4) is 5.75 Å². The van der Waals surface area contributed by atoms with Gasteiger partial charge in [0.05, 0.1) is 23.5 Å². The summed E-state index contributed by atoms with van der Waals surface area (Å²) in [7, 11) is -0.205. The first-order chi connectivity index (χ1) is 8.78. The monoisotopic (exact) mass is 344 g/mol. The van der Waals surface area contributed by atoms with Crippen molar-refractivity contribution in [2.45, 2.75) is 19.4 Å². The molecule has 2 rings (SSSR count). The zero-order chi connectivity index (χ0) is 14.2. The molecule has 0 saturated carbocycles. The van der Waals surface area contributed by atoms with E-state index in [-0.39, 0.29) is 14.5 Å². The maximum absolute atomic E-state index is 9.68. The Morgan fingerprint density at radius 3 is 2.74 bits per heavy atom. The lowest BCUT2D eigenvalue weighted by molar-refractivity contribution is 0.0283. The Kier molecular flexibility index (Phi) is 4.19. The van der Waals surface area contributed by atoms with Gasteiger partial charge < -0.3 is 9.84 Å². The molecule has 0 fully saturated rings. The Hall–Kier alpha value is -0.640. The molecule has 2 aromatic heterocycles. The van der Waals surface area contributed by atoms with Crippen LogP contribution in [0.2, 0.25) is 0 Å². The average molecular weight is 345 g/mol. The SMILES string of the molecule is CP(C)c1cnn2cc(OCC(C)(C)O)cc(Br)c12.